The second-order valence-electron chi connectivity index (χ2n) is 6.72. The molecule has 5 nitrogen and oxygen atoms in total. The van der Waals surface area contributed by atoms with E-state index in [4.69, 9.17) is 21.3 Å². The number of likely N-dealkylation sites (tertiary alicyclic amines) is 1. The number of thiophene rings is 1. The van der Waals surface area contributed by atoms with Gasteiger partial charge in [-0.05, 0) is 42.5 Å². The number of thioether (sulfide) groups is 1. The molecule has 1 atom stereocenters. The van der Waals surface area contributed by atoms with Gasteiger partial charge >= 0.3 is 0 Å². The molecule has 1 aliphatic rings. The fraction of sp³-hybridized carbons (Fsp3) is 0.400. The summed E-state index contributed by atoms with van der Waals surface area (Å²) < 4.78 is 7.35. The summed E-state index contributed by atoms with van der Waals surface area (Å²) in [6.45, 7) is 2.10. The van der Waals surface area contributed by atoms with Crippen LogP contribution in [-0.4, -0.2) is 46.4 Å². The van der Waals surface area contributed by atoms with E-state index in [2.05, 4.69) is 22.1 Å². The minimum atomic E-state index is 0.171. The van der Waals surface area contributed by atoms with E-state index < -0.39 is 0 Å². The summed E-state index contributed by atoms with van der Waals surface area (Å²) >= 11 is 9.34. The van der Waals surface area contributed by atoms with Crippen molar-refractivity contribution >= 4 is 51.6 Å². The first-order valence-electron chi connectivity index (χ1n) is 9.28. The van der Waals surface area contributed by atoms with Crippen LogP contribution in [0.5, 0.6) is 0 Å². The van der Waals surface area contributed by atoms with Gasteiger partial charge in [-0.15, -0.1) is 11.3 Å². The Hall–Kier alpha value is -1.54. The maximum Gasteiger partial charge on any atom is 0.233 e. The van der Waals surface area contributed by atoms with E-state index in [1.54, 1.807) is 18.4 Å². The van der Waals surface area contributed by atoms with E-state index in [1.807, 2.05) is 23.1 Å². The summed E-state index contributed by atoms with van der Waals surface area (Å²) in [4.78, 5) is 21.0. The number of hydrogen-bond acceptors (Lipinski definition) is 5. The van der Waals surface area contributed by atoms with Crippen LogP contribution in [0, 0.1) is 0 Å². The van der Waals surface area contributed by atoms with Gasteiger partial charge in [0, 0.05) is 30.1 Å². The number of rotatable bonds is 7. The number of fused-ring (bicyclic) bond motifs is 1. The first kappa shape index (κ1) is 19.8. The van der Waals surface area contributed by atoms with Crippen LogP contribution in [-0.2, 0) is 16.1 Å². The van der Waals surface area contributed by atoms with Crippen molar-refractivity contribution in [3.05, 3.63) is 45.6 Å². The summed E-state index contributed by atoms with van der Waals surface area (Å²) in [6, 6.07) is 10.1. The first-order valence-corrected chi connectivity index (χ1v) is 11.5. The van der Waals surface area contributed by atoms with E-state index >= 15 is 0 Å². The second-order valence-corrected chi connectivity index (χ2v) is 9.08. The van der Waals surface area contributed by atoms with Crippen LogP contribution in [0.25, 0.3) is 11.0 Å². The Morgan fingerprint density at radius 1 is 1.43 bits per heavy atom. The van der Waals surface area contributed by atoms with Crippen molar-refractivity contribution in [2.24, 2.45) is 0 Å². The quantitative estimate of drug-likeness (QED) is 0.497. The number of carbonyl (C=O) groups is 1. The predicted octanol–water partition coefficient (Wildman–Crippen LogP) is 4.85. The number of halogens is 1. The summed E-state index contributed by atoms with van der Waals surface area (Å²) in [7, 11) is 1.68. The van der Waals surface area contributed by atoms with Gasteiger partial charge in [0.2, 0.25) is 5.91 Å². The van der Waals surface area contributed by atoms with Gasteiger partial charge in [-0.1, -0.05) is 29.4 Å². The first-order chi connectivity index (χ1) is 13.7. The Morgan fingerprint density at radius 2 is 2.32 bits per heavy atom. The molecule has 4 rings (SSSR count). The highest BCUT2D eigenvalue weighted by molar-refractivity contribution is 7.99. The lowest BCUT2D eigenvalue weighted by molar-refractivity contribution is -0.129. The number of hydrogen-bond donors (Lipinski definition) is 0. The number of methoxy groups -OCH3 is 1. The molecule has 2 aromatic heterocycles. The highest BCUT2D eigenvalue weighted by Gasteiger charge is 2.30. The van der Waals surface area contributed by atoms with Gasteiger partial charge in [0.25, 0.3) is 0 Å². The topological polar surface area (TPSA) is 47.4 Å². The third-order valence-corrected chi connectivity index (χ3v) is 7.13. The van der Waals surface area contributed by atoms with Gasteiger partial charge in [0.05, 0.1) is 29.4 Å². The Bertz CT molecular complexity index is 958. The number of imidazole rings is 1. The van der Waals surface area contributed by atoms with Gasteiger partial charge in [-0.2, -0.15) is 0 Å². The van der Waals surface area contributed by atoms with Gasteiger partial charge in [0.15, 0.2) is 5.16 Å². The molecule has 1 aliphatic heterocycles. The molecule has 0 saturated carbocycles. The molecule has 0 radical (unpaired) electrons. The lowest BCUT2D eigenvalue weighted by atomic mass is 10.2. The fourth-order valence-corrected chi connectivity index (χ4v) is 5.61. The molecular formula is C20H22ClN3O2S2. The standard InChI is InChI=1S/C20H22ClN3O2S2/c1-26-10-9-24-16-7-6-14(21)12-15(16)22-20(24)28-13-19(25)23-8-2-4-17(23)18-5-3-11-27-18/h3,5-7,11-12,17H,2,4,8-10,13H2,1H3. The number of benzene rings is 1. The van der Waals surface area contributed by atoms with E-state index in [9.17, 15) is 4.79 Å². The molecule has 0 bridgehead atoms. The monoisotopic (exact) mass is 435 g/mol. The van der Waals surface area contributed by atoms with Crippen LogP contribution >= 0.6 is 34.7 Å². The minimum Gasteiger partial charge on any atom is -0.383 e. The SMILES string of the molecule is COCCn1c(SCC(=O)N2CCCC2c2cccs2)nc2cc(Cl)ccc21. The van der Waals surface area contributed by atoms with Crippen molar-refractivity contribution in [1.82, 2.24) is 14.5 Å². The number of amides is 1. The Labute approximate surface area is 177 Å². The molecule has 1 aromatic carbocycles. The Morgan fingerprint density at radius 3 is 3.11 bits per heavy atom. The van der Waals surface area contributed by atoms with Crippen LogP contribution in [0.2, 0.25) is 5.02 Å². The molecule has 8 heteroatoms. The van der Waals surface area contributed by atoms with Crippen molar-refractivity contribution in [2.45, 2.75) is 30.6 Å². The maximum atomic E-state index is 12.9. The molecule has 0 N–H and O–H groups in total. The molecule has 0 aliphatic carbocycles. The number of nitrogens with zero attached hydrogens (tertiary/aromatic N) is 3. The second kappa shape index (κ2) is 8.86. The van der Waals surface area contributed by atoms with Crippen LogP contribution in [0.4, 0.5) is 0 Å². The normalized spacial score (nSPS) is 16.9. The third kappa shape index (κ3) is 4.08. The number of aromatic nitrogens is 2. The molecule has 1 saturated heterocycles. The zero-order chi connectivity index (χ0) is 19.5. The van der Waals surface area contributed by atoms with Gasteiger partial charge in [0.1, 0.15) is 0 Å². The van der Waals surface area contributed by atoms with E-state index in [0.717, 1.165) is 35.6 Å². The molecule has 1 amide bonds. The summed E-state index contributed by atoms with van der Waals surface area (Å²) in [5.41, 5.74) is 1.85. The molecule has 3 heterocycles. The van der Waals surface area contributed by atoms with Gasteiger partial charge in [-0.3, -0.25) is 4.79 Å². The summed E-state index contributed by atoms with van der Waals surface area (Å²) in [6.07, 6.45) is 2.10. The van der Waals surface area contributed by atoms with E-state index in [1.165, 1.54) is 16.6 Å². The largest absolute Gasteiger partial charge is 0.383 e. The summed E-state index contributed by atoms with van der Waals surface area (Å²) in [5, 5.41) is 3.57. The van der Waals surface area contributed by atoms with Crippen LogP contribution in [0.3, 0.4) is 0 Å². The Kier molecular flexibility index (Phi) is 6.25. The minimum absolute atomic E-state index is 0.171. The molecule has 0 spiro atoms. The highest BCUT2D eigenvalue weighted by Crippen LogP contribution is 2.35. The summed E-state index contributed by atoms with van der Waals surface area (Å²) in [5.74, 6) is 0.551. The fourth-order valence-electron chi connectivity index (χ4n) is 3.64. The maximum absolute atomic E-state index is 12.9. The lowest BCUT2D eigenvalue weighted by Gasteiger charge is -2.23. The molecule has 3 aromatic rings. The molecule has 1 fully saturated rings. The van der Waals surface area contributed by atoms with Gasteiger partial charge in [-0.25, -0.2) is 4.98 Å². The Balaban J connectivity index is 1.51. The molecule has 28 heavy (non-hydrogen) atoms. The van der Waals surface area contributed by atoms with E-state index in [0.29, 0.717) is 23.9 Å². The van der Waals surface area contributed by atoms with Crippen molar-refractivity contribution in [2.75, 3.05) is 26.0 Å². The van der Waals surface area contributed by atoms with Crippen molar-refractivity contribution in [3.8, 4) is 0 Å². The average molecular weight is 436 g/mol. The van der Waals surface area contributed by atoms with Crippen molar-refractivity contribution < 1.29 is 9.53 Å². The van der Waals surface area contributed by atoms with Crippen LogP contribution in [0.15, 0.2) is 40.9 Å². The van der Waals surface area contributed by atoms with Crippen LogP contribution < -0.4 is 0 Å². The average Bonchev–Trinajstić information content (AvgIpc) is 3.43. The van der Waals surface area contributed by atoms with Crippen molar-refractivity contribution in [3.63, 3.8) is 0 Å². The third-order valence-electron chi connectivity index (χ3n) is 4.96. The molecule has 148 valence electrons. The number of carbonyl (C=O) groups excluding carboxylic acids is 1. The van der Waals surface area contributed by atoms with Crippen LogP contribution in [0.1, 0.15) is 23.8 Å². The van der Waals surface area contributed by atoms with E-state index in [-0.39, 0.29) is 11.9 Å². The van der Waals surface area contributed by atoms with Gasteiger partial charge < -0.3 is 14.2 Å². The number of ether oxygens (including phenoxy) is 1. The predicted molar refractivity (Wildman–Crippen MR) is 115 cm³/mol. The van der Waals surface area contributed by atoms with Crippen molar-refractivity contribution in [1.29, 1.82) is 0 Å². The zero-order valence-corrected chi connectivity index (χ0v) is 18.0. The zero-order valence-electron chi connectivity index (χ0n) is 15.6. The highest BCUT2D eigenvalue weighted by atomic mass is 35.5. The lowest BCUT2D eigenvalue weighted by Crippen LogP contribution is -2.31. The molecular weight excluding hydrogens is 414 g/mol. The smallest absolute Gasteiger partial charge is 0.233 e. The molecule has 1 unspecified atom stereocenters.